The normalized spacial score (nSPS) is 13.4. The fourth-order valence-electron chi connectivity index (χ4n) is 3.61. The molecule has 3 aromatic carbocycles. The Morgan fingerprint density at radius 3 is 2.59 bits per heavy atom. The Morgan fingerprint density at radius 2 is 1.84 bits per heavy atom. The van der Waals surface area contributed by atoms with Gasteiger partial charge in [-0.1, -0.05) is 35.9 Å². The van der Waals surface area contributed by atoms with Gasteiger partial charge in [-0.3, -0.25) is 9.10 Å². The van der Waals surface area contributed by atoms with Gasteiger partial charge >= 0.3 is 0 Å². The van der Waals surface area contributed by atoms with Crippen LogP contribution in [0.25, 0.3) is 0 Å². The number of hydrogen-bond acceptors (Lipinski definition) is 4. The van der Waals surface area contributed by atoms with Crippen molar-refractivity contribution in [3.05, 3.63) is 83.7 Å². The van der Waals surface area contributed by atoms with Crippen LogP contribution in [0.1, 0.15) is 17.5 Å². The van der Waals surface area contributed by atoms with Crippen LogP contribution in [0.5, 0.6) is 5.75 Å². The van der Waals surface area contributed by atoms with Crippen LogP contribution in [0.15, 0.2) is 71.6 Å². The Labute approximate surface area is 186 Å². The van der Waals surface area contributed by atoms with E-state index < -0.39 is 21.7 Å². The summed E-state index contributed by atoms with van der Waals surface area (Å²) in [4.78, 5) is 12.5. The van der Waals surface area contributed by atoms with Gasteiger partial charge in [-0.15, -0.1) is 0 Å². The molecule has 0 fully saturated rings. The lowest BCUT2D eigenvalue weighted by molar-refractivity contribution is -0.118. The summed E-state index contributed by atoms with van der Waals surface area (Å²) in [6, 6.07) is 17.8. The highest BCUT2D eigenvalue weighted by Gasteiger charge is 2.29. The van der Waals surface area contributed by atoms with Crippen molar-refractivity contribution in [3.63, 3.8) is 0 Å². The quantitative estimate of drug-likeness (QED) is 0.603. The predicted octanol–water partition coefficient (Wildman–Crippen LogP) is 4.29. The van der Waals surface area contributed by atoms with Gasteiger partial charge in [-0.25, -0.2) is 12.8 Å². The van der Waals surface area contributed by atoms with Gasteiger partial charge in [0.05, 0.1) is 10.6 Å². The molecule has 0 aromatic heterocycles. The molecule has 0 saturated carbocycles. The molecule has 4 rings (SSSR count). The molecular formula is C24H23FN2O4S. The maximum Gasteiger partial charge on any atom is 0.264 e. The number of hydrogen-bond donors (Lipinski definition) is 1. The fraction of sp³-hybridized carbons (Fsp3) is 0.208. The van der Waals surface area contributed by atoms with Gasteiger partial charge in [0.25, 0.3) is 15.9 Å². The predicted molar refractivity (Wildman–Crippen MR) is 121 cm³/mol. The van der Waals surface area contributed by atoms with Crippen LogP contribution in [0.2, 0.25) is 0 Å². The first kappa shape index (κ1) is 21.8. The van der Waals surface area contributed by atoms with Crippen LogP contribution in [-0.2, 0) is 21.2 Å². The molecule has 1 aliphatic heterocycles. The largest absolute Gasteiger partial charge is 0.481 e. The summed E-state index contributed by atoms with van der Waals surface area (Å²) in [5.74, 6) is -1.04. The number of ether oxygens (including phenoxy) is 1. The Balaban J connectivity index is 1.53. The summed E-state index contributed by atoms with van der Waals surface area (Å²) in [6.07, 6.45) is 1.46. The highest BCUT2D eigenvalue weighted by Crippen LogP contribution is 2.34. The molecule has 1 amide bonds. The number of carbonyl (C=O) groups excluding carboxylic acids is 1. The van der Waals surface area contributed by atoms with E-state index in [0.29, 0.717) is 24.3 Å². The number of rotatable bonds is 6. The Hall–Kier alpha value is -3.39. The number of nitrogens with one attached hydrogen (secondary N) is 1. The second kappa shape index (κ2) is 9.00. The molecule has 8 heteroatoms. The lowest BCUT2D eigenvalue weighted by Gasteiger charge is -2.31. The highest BCUT2D eigenvalue weighted by molar-refractivity contribution is 7.92. The summed E-state index contributed by atoms with van der Waals surface area (Å²) < 4.78 is 46.8. The van der Waals surface area contributed by atoms with E-state index in [1.54, 1.807) is 42.5 Å². The number of aryl methyl sites for hydroxylation is 2. The molecular weight excluding hydrogens is 431 g/mol. The summed E-state index contributed by atoms with van der Waals surface area (Å²) in [5, 5.41) is 2.69. The molecule has 0 unspecified atom stereocenters. The van der Waals surface area contributed by atoms with Crippen LogP contribution in [0.3, 0.4) is 0 Å². The number of fused-ring (bicyclic) bond motifs is 1. The minimum absolute atomic E-state index is 0.0107. The molecule has 1 N–H and O–H groups in total. The van der Waals surface area contributed by atoms with Gasteiger partial charge in [-0.05, 0) is 61.7 Å². The van der Waals surface area contributed by atoms with E-state index >= 15 is 0 Å². The Bertz CT molecular complexity index is 1240. The molecule has 0 saturated heterocycles. The number of anilines is 2. The minimum Gasteiger partial charge on any atom is -0.481 e. The van der Waals surface area contributed by atoms with Crippen LogP contribution >= 0.6 is 0 Å². The second-order valence-corrected chi connectivity index (χ2v) is 9.47. The van der Waals surface area contributed by atoms with Crippen LogP contribution in [0.4, 0.5) is 15.8 Å². The van der Waals surface area contributed by atoms with Crippen molar-refractivity contribution in [1.82, 2.24) is 0 Å². The molecule has 0 radical (unpaired) electrons. The lowest BCUT2D eigenvalue weighted by atomic mass is 10.0. The van der Waals surface area contributed by atoms with E-state index in [4.69, 9.17) is 4.74 Å². The zero-order valence-electron chi connectivity index (χ0n) is 17.5. The topological polar surface area (TPSA) is 75.7 Å². The second-order valence-electron chi connectivity index (χ2n) is 7.60. The lowest BCUT2D eigenvalue weighted by Crippen LogP contribution is -2.35. The number of benzene rings is 3. The van der Waals surface area contributed by atoms with Gasteiger partial charge in [0, 0.05) is 12.2 Å². The van der Waals surface area contributed by atoms with Crippen molar-refractivity contribution in [3.8, 4) is 5.75 Å². The first-order valence-corrected chi connectivity index (χ1v) is 11.7. The number of nitrogens with zero attached hydrogens (tertiary/aromatic N) is 1. The van der Waals surface area contributed by atoms with Gasteiger partial charge in [-0.2, -0.15) is 0 Å². The first-order chi connectivity index (χ1) is 15.3. The molecule has 0 atom stereocenters. The molecule has 0 bridgehead atoms. The van der Waals surface area contributed by atoms with Gasteiger partial charge in [0.1, 0.15) is 0 Å². The zero-order chi connectivity index (χ0) is 22.7. The third-order valence-corrected chi connectivity index (χ3v) is 7.08. The monoisotopic (exact) mass is 454 g/mol. The molecule has 1 aliphatic rings. The summed E-state index contributed by atoms with van der Waals surface area (Å²) in [5.41, 5.74) is 2.86. The summed E-state index contributed by atoms with van der Waals surface area (Å²) in [7, 11) is -3.73. The third kappa shape index (κ3) is 4.60. The van der Waals surface area contributed by atoms with Crippen molar-refractivity contribution >= 4 is 27.3 Å². The van der Waals surface area contributed by atoms with Crippen LogP contribution < -0.4 is 14.4 Å². The number of sulfonamides is 1. The van der Waals surface area contributed by atoms with Crippen molar-refractivity contribution in [2.24, 2.45) is 0 Å². The molecule has 0 spiro atoms. The SMILES string of the molecule is Cc1ccc(S(=O)(=O)N2CCCc3ccc(NC(=O)COc4ccccc4F)cc32)cc1. The smallest absolute Gasteiger partial charge is 0.264 e. The number of amides is 1. The Morgan fingerprint density at radius 1 is 1.09 bits per heavy atom. The van der Waals surface area contributed by atoms with Gasteiger partial charge in [0.15, 0.2) is 18.2 Å². The van der Waals surface area contributed by atoms with Crippen molar-refractivity contribution in [2.75, 3.05) is 22.8 Å². The minimum atomic E-state index is -3.73. The summed E-state index contributed by atoms with van der Waals surface area (Å²) in [6.45, 7) is 1.89. The van der Waals surface area contributed by atoms with Crippen molar-refractivity contribution in [1.29, 1.82) is 0 Å². The van der Waals surface area contributed by atoms with E-state index in [2.05, 4.69) is 5.32 Å². The number of carbonyl (C=O) groups is 1. The van der Waals surface area contributed by atoms with Crippen LogP contribution in [-0.4, -0.2) is 27.5 Å². The fourth-order valence-corrected chi connectivity index (χ4v) is 5.14. The Kier molecular flexibility index (Phi) is 6.14. The van der Waals surface area contributed by atoms with E-state index in [-0.39, 0.29) is 17.3 Å². The van der Waals surface area contributed by atoms with Crippen molar-refractivity contribution in [2.45, 2.75) is 24.7 Å². The molecule has 0 aliphatic carbocycles. The van der Waals surface area contributed by atoms with Crippen LogP contribution in [0, 0.1) is 12.7 Å². The van der Waals surface area contributed by atoms with E-state index in [9.17, 15) is 17.6 Å². The molecule has 3 aromatic rings. The number of para-hydroxylation sites is 1. The maximum atomic E-state index is 13.7. The third-order valence-electron chi connectivity index (χ3n) is 5.25. The number of halogens is 1. The molecule has 1 heterocycles. The zero-order valence-corrected chi connectivity index (χ0v) is 18.4. The molecule has 32 heavy (non-hydrogen) atoms. The maximum absolute atomic E-state index is 13.7. The van der Waals surface area contributed by atoms with E-state index in [1.807, 2.05) is 13.0 Å². The van der Waals surface area contributed by atoms with Gasteiger partial charge in [0.2, 0.25) is 0 Å². The van der Waals surface area contributed by atoms with E-state index in [0.717, 1.165) is 17.5 Å². The van der Waals surface area contributed by atoms with Crippen molar-refractivity contribution < 1.29 is 22.3 Å². The molecule has 166 valence electrons. The van der Waals surface area contributed by atoms with Gasteiger partial charge < -0.3 is 10.1 Å². The average Bonchev–Trinajstić information content (AvgIpc) is 2.78. The summed E-state index contributed by atoms with van der Waals surface area (Å²) >= 11 is 0. The highest BCUT2D eigenvalue weighted by atomic mass is 32.2. The average molecular weight is 455 g/mol. The molecule has 6 nitrogen and oxygen atoms in total. The standard InChI is InChI=1S/C24H23FN2O4S/c1-17-8-12-20(13-9-17)32(29,30)27-14-4-5-18-10-11-19(15-22(18)27)26-24(28)16-31-23-7-3-2-6-21(23)25/h2-3,6-13,15H,4-5,14,16H2,1H3,(H,26,28). The van der Waals surface area contributed by atoms with E-state index in [1.165, 1.54) is 22.5 Å². The first-order valence-electron chi connectivity index (χ1n) is 10.2.